The van der Waals surface area contributed by atoms with Crippen LogP contribution in [0.1, 0.15) is 16.7 Å². The summed E-state index contributed by atoms with van der Waals surface area (Å²) >= 11 is 0. The number of carbonyl (C=O) groups is 1. The first kappa shape index (κ1) is 20.3. The first-order chi connectivity index (χ1) is 12.5. The van der Waals surface area contributed by atoms with Gasteiger partial charge in [-0.05, 0) is 36.8 Å². The normalized spacial score (nSPS) is 11.2. The van der Waals surface area contributed by atoms with E-state index in [4.69, 9.17) is 16.4 Å². The number of urea groups is 1. The summed E-state index contributed by atoms with van der Waals surface area (Å²) in [6.45, 7) is 1.42. The van der Waals surface area contributed by atoms with E-state index in [1.165, 1.54) is 13.1 Å². The van der Waals surface area contributed by atoms with E-state index < -0.39 is 29.3 Å². The number of benzene rings is 2. The van der Waals surface area contributed by atoms with Crippen LogP contribution < -0.4 is 21.4 Å². The number of anilines is 1. The van der Waals surface area contributed by atoms with Crippen molar-refractivity contribution in [2.45, 2.75) is 19.7 Å². The van der Waals surface area contributed by atoms with Crippen molar-refractivity contribution < 1.29 is 27.8 Å². The summed E-state index contributed by atoms with van der Waals surface area (Å²) in [5.41, 5.74) is 0.198. The summed E-state index contributed by atoms with van der Waals surface area (Å²) in [7, 11) is 1.31. The molecule has 2 aromatic carbocycles. The highest BCUT2D eigenvalue weighted by molar-refractivity contribution is 5.91. The highest BCUT2D eigenvalue weighted by atomic mass is 19.4. The van der Waals surface area contributed by atoms with Gasteiger partial charge in [-0.25, -0.2) is 21.5 Å². The molecule has 146 valence electrons. The maximum absolute atomic E-state index is 13.2. The van der Waals surface area contributed by atoms with Crippen molar-refractivity contribution in [3.8, 4) is 11.5 Å². The minimum Gasteiger partial charge on any atom is -0.508 e. The van der Waals surface area contributed by atoms with Crippen molar-refractivity contribution >= 4 is 11.7 Å². The summed E-state index contributed by atoms with van der Waals surface area (Å²) in [4.78, 5) is 12.0. The van der Waals surface area contributed by atoms with Gasteiger partial charge in [0.1, 0.15) is 23.7 Å². The van der Waals surface area contributed by atoms with Crippen LogP contribution in [0.5, 0.6) is 11.5 Å². The number of rotatable bonds is 4. The number of nitrogens with two attached hydrogens (primary N) is 2. The molecule has 5 N–H and O–H groups in total. The van der Waals surface area contributed by atoms with Gasteiger partial charge in [0, 0.05) is 12.6 Å². The fourth-order valence-corrected chi connectivity index (χ4v) is 2.39. The van der Waals surface area contributed by atoms with E-state index in [9.17, 15) is 23.1 Å². The molecule has 0 aromatic heterocycles. The van der Waals surface area contributed by atoms with E-state index in [-0.39, 0.29) is 12.3 Å². The Morgan fingerprint density at radius 1 is 1.22 bits per heavy atom. The first-order valence-electron chi connectivity index (χ1n) is 7.71. The number of aryl methyl sites for hydroxylation is 1. The van der Waals surface area contributed by atoms with Crippen LogP contribution >= 0.6 is 0 Å². The molecule has 0 unspecified atom stereocenters. The number of phenolic OH excluding ortho intramolecular Hbond substituents is 1. The van der Waals surface area contributed by atoms with Crippen molar-refractivity contribution in [1.82, 2.24) is 5.01 Å². The number of aromatic hydroxyl groups is 1. The number of hydrogen-bond donors (Lipinski definition) is 3. The Bertz CT molecular complexity index is 841. The standard InChI is InChI=1S/C17H19F3N4O3/c1-10-4-3-5-14(24(22)16(26)23(2)21)12(10)9-27-15-7-6-11(25)8-13(15)17(18,19)20/h3-8,25H,9,21-22H2,1-2H3. The number of halogens is 3. The highest BCUT2D eigenvalue weighted by Gasteiger charge is 2.35. The second kappa shape index (κ2) is 7.72. The summed E-state index contributed by atoms with van der Waals surface area (Å²) in [6, 6.07) is 6.83. The van der Waals surface area contributed by atoms with Crippen LogP contribution in [0.4, 0.5) is 23.7 Å². The smallest absolute Gasteiger partial charge is 0.420 e. The van der Waals surface area contributed by atoms with Gasteiger partial charge in [0.15, 0.2) is 0 Å². The Labute approximate surface area is 153 Å². The lowest BCUT2D eigenvalue weighted by molar-refractivity contribution is -0.139. The van der Waals surface area contributed by atoms with E-state index >= 15 is 0 Å². The summed E-state index contributed by atoms with van der Waals surface area (Å²) in [5.74, 6) is 10.2. The zero-order valence-corrected chi connectivity index (χ0v) is 14.6. The molecule has 0 heterocycles. The molecule has 2 rings (SSSR count). The fourth-order valence-electron chi connectivity index (χ4n) is 2.39. The van der Waals surface area contributed by atoms with E-state index in [2.05, 4.69) is 0 Å². The molecule has 0 radical (unpaired) electrons. The van der Waals surface area contributed by atoms with Gasteiger partial charge in [-0.15, -0.1) is 0 Å². The van der Waals surface area contributed by atoms with Crippen molar-refractivity contribution in [3.63, 3.8) is 0 Å². The Balaban J connectivity index is 2.36. The molecular weight excluding hydrogens is 365 g/mol. The average Bonchev–Trinajstić information content (AvgIpc) is 2.59. The van der Waals surface area contributed by atoms with Crippen molar-refractivity contribution in [2.24, 2.45) is 11.7 Å². The predicted molar refractivity (Wildman–Crippen MR) is 92.6 cm³/mol. The van der Waals surface area contributed by atoms with Crippen molar-refractivity contribution in [3.05, 3.63) is 53.1 Å². The Morgan fingerprint density at radius 2 is 1.89 bits per heavy atom. The topological polar surface area (TPSA) is 105 Å². The third-order valence-electron chi connectivity index (χ3n) is 3.79. The molecule has 2 aromatic rings. The predicted octanol–water partition coefficient (Wildman–Crippen LogP) is 2.90. The Hall–Kier alpha value is -2.98. The monoisotopic (exact) mass is 384 g/mol. The number of carbonyl (C=O) groups excluding carboxylic acids is 1. The fraction of sp³-hybridized carbons (Fsp3) is 0.235. The first-order valence-corrected chi connectivity index (χ1v) is 7.71. The molecule has 0 atom stereocenters. The lowest BCUT2D eigenvalue weighted by atomic mass is 10.1. The molecule has 0 aliphatic heterocycles. The lowest BCUT2D eigenvalue weighted by Gasteiger charge is -2.24. The van der Waals surface area contributed by atoms with Gasteiger partial charge in [-0.2, -0.15) is 13.2 Å². The van der Waals surface area contributed by atoms with E-state index in [1.807, 2.05) is 0 Å². The molecule has 0 bridgehead atoms. The molecule has 2 amide bonds. The van der Waals surface area contributed by atoms with Gasteiger partial charge >= 0.3 is 12.2 Å². The maximum Gasteiger partial charge on any atom is 0.420 e. The van der Waals surface area contributed by atoms with Gasteiger partial charge in [-0.1, -0.05) is 12.1 Å². The number of ether oxygens (including phenoxy) is 1. The van der Waals surface area contributed by atoms with Crippen molar-refractivity contribution in [1.29, 1.82) is 0 Å². The Kier molecular flexibility index (Phi) is 5.82. The third kappa shape index (κ3) is 4.60. The molecule has 0 aliphatic carbocycles. The molecule has 7 nitrogen and oxygen atoms in total. The number of hydrazine groups is 2. The molecular formula is C17H19F3N4O3. The number of amides is 2. The number of alkyl halides is 3. The second-order valence-corrected chi connectivity index (χ2v) is 5.80. The molecule has 0 saturated heterocycles. The summed E-state index contributed by atoms with van der Waals surface area (Å²) < 4.78 is 44.8. The van der Waals surface area contributed by atoms with Crippen LogP contribution in [0.2, 0.25) is 0 Å². The van der Waals surface area contributed by atoms with Gasteiger partial charge in [0.2, 0.25) is 0 Å². The van der Waals surface area contributed by atoms with Crippen molar-refractivity contribution in [2.75, 3.05) is 12.1 Å². The van der Waals surface area contributed by atoms with E-state index in [0.717, 1.165) is 22.2 Å². The van der Waals surface area contributed by atoms with Crippen LogP contribution in [0.25, 0.3) is 0 Å². The van der Waals surface area contributed by atoms with Crippen LogP contribution in [0.3, 0.4) is 0 Å². The van der Waals surface area contributed by atoms with Crippen LogP contribution in [0.15, 0.2) is 36.4 Å². The molecule has 10 heteroatoms. The van der Waals surface area contributed by atoms with Crippen LogP contribution in [0, 0.1) is 6.92 Å². The summed E-state index contributed by atoms with van der Waals surface area (Å²) in [5, 5.41) is 10.9. The molecule has 0 aliphatic rings. The van der Waals surface area contributed by atoms with E-state index in [0.29, 0.717) is 17.2 Å². The minimum atomic E-state index is -4.71. The van der Waals surface area contributed by atoms with Gasteiger partial charge < -0.3 is 9.84 Å². The highest BCUT2D eigenvalue weighted by Crippen LogP contribution is 2.38. The van der Waals surface area contributed by atoms with Crippen LogP contribution in [-0.4, -0.2) is 23.2 Å². The SMILES string of the molecule is Cc1cccc(N(N)C(=O)N(C)N)c1COc1ccc(O)cc1C(F)(F)F. The zero-order chi connectivity index (χ0) is 20.4. The second-order valence-electron chi connectivity index (χ2n) is 5.80. The lowest BCUT2D eigenvalue weighted by Crippen LogP contribution is -2.49. The number of phenols is 1. The number of nitrogens with zero attached hydrogens (tertiary/aromatic N) is 2. The third-order valence-corrected chi connectivity index (χ3v) is 3.79. The zero-order valence-electron chi connectivity index (χ0n) is 14.6. The van der Waals surface area contributed by atoms with Gasteiger partial charge in [-0.3, -0.25) is 5.01 Å². The minimum absolute atomic E-state index is 0.240. The molecule has 27 heavy (non-hydrogen) atoms. The molecule has 0 spiro atoms. The van der Waals surface area contributed by atoms with Crippen LogP contribution in [-0.2, 0) is 12.8 Å². The maximum atomic E-state index is 13.2. The number of hydrogen-bond acceptors (Lipinski definition) is 5. The largest absolute Gasteiger partial charge is 0.508 e. The quantitative estimate of drug-likeness (QED) is 0.427. The van der Waals surface area contributed by atoms with E-state index in [1.54, 1.807) is 19.1 Å². The molecule has 0 saturated carbocycles. The summed E-state index contributed by atoms with van der Waals surface area (Å²) in [6.07, 6.45) is -4.71. The Morgan fingerprint density at radius 3 is 2.48 bits per heavy atom. The molecule has 0 fully saturated rings. The van der Waals surface area contributed by atoms with Gasteiger partial charge in [0.25, 0.3) is 0 Å². The van der Waals surface area contributed by atoms with Gasteiger partial charge in [0.05, 0.1) is 5.69 Å². The average molecular weight is 384 g/mol.